The summed E-state index contributed by atoms with van der Waals surface area (Å²) in [5, 5.41) is 19.2. The Morgan fingerprint density at radius 1 is 0.943 bits per heavy atom. The van der Waals surface area contributed by atoms with Crippen molar-refractivity contribution in [2.45, 2.75) is 38.8 Å². The molecule has 2 saturated heterocycles. The molecule has 2 N–H and O–H groups in total. The third-order valence-electron chi connectivity index (χ3n) is 5.73. The average molecular weight is 493 g/mol. The van der Waals surface area contributed by atoms with Gasteiger partial charge in [-0.1, -0.05) is 0 Å². The van der Waals surface area contributed by atoms with Crippen molar-refractivity contribution in [3.8, 4) is 0 Å². The lowest BCUT2D eigenvalue weighted by molar-refractivity contribution is -0.150. The van der Waals surface area contributed by atoms with Crippen LogP contribution < -0.4 is 5.32 Å². The van der Waals surface area contributed by atoms with Crippen molar-refractivity contribution >= 4 is 23.8 Å². The Hall–Kier alpha value is -3.74. The molecule has 0 aromatic carbocycles. The second-order valence-corrected chi connectivity index (χ2v) is 8.04. The van der Waals surface area contributed by atoms with E-state index in [4.69, 9.17) is 5.11 Å². The fourth-order valence-electron chi connectivity index (χ4n) is 3.12. The number of ether oxygens (including phenoxy) is 2. The number of aromatic carboxylic acids is 1. The minimum atomic E-state index is -0.983. The number of aryl methyl sites for hydroxylation is 4. The summed E-state index contributed by atoms with van der Waals surface area (Å²) in [5.74, 6) is -1.70. The van der Waals surface area contributed by atoms with Crippen molar-refractivity contribution in [2.75, 3.05) is 27.3 Å². The van der Waals surface area contributed by atoms with Crippen LogP contribution in [-0.2, 0) is 33.2 Å². The molecule has 2 aliphatic heterocycles. The average Bonchev–Trinajstić information content (AvgIpc) is 3.27. The first kappa shape index (κ1) is 27.5. The second kappa shape index (κ2) is 12.1. The van der Waals surface area contributed by atoms with E-state index in [2.05, 4.69) is 25.0 Å². The van der Waals surface area contributed by atoms with Crippen LogP contribution in [0.5, 0.6) is 0 Å². The van der Waals surface area contributed by atoms with Gasteiger partial charge in [0.15, 0.2) is 11.4 Å². The number of carbonyl (C=O) groups is 4. The third-order valence-corrected chi connectivity index (χ3v) is 5.73. The number of esters is 2. The van der Waals surface area contributed by atoms with E-state index in [0.29, 0.717) is 18.7 Å². The Bertz CT molecular complexity index is 1030. The normalized spacial score (nSPS) is 17.9. The zero-order valence-corrected chi connectivity index (χ0v) is 20.8. The molecule has 13 heteroatoms. The van der Waals surface area contributed by atoms with Gasteiger partial charge in [0.05, 0.1) is 14.2 Å². The van der Waals surface area contributed by atoms with Gasteiger partial charge in [-0.2, -0.15) is 10.2 Å². The number of carboxylic acid groups (broad SMARTS) is 1. The molecule has 2 fully saturated rings. The number of amides is 1. The fourth-order valence-corrected chi connectivity index (χ4v) is 3.12. The summed E-state index contributed by atoms with van der Waals surface area (Å²) in [6.07, 6.45) is 1.58. The van der Waals surface area contributed by atoms with Crippen molar-refractivity contribution < 1.29 is 33.8 Å². The number of methoxy groups -OCH3 is 2. The first-order chi connectivity index (χ1) is 16.5. The first-order valence-electron chi connectivity index (χ1n) is 10.9. The molecule has 2 aliphatic rings. The van der Waals surface area contributed by atoms with Crippen molar-refractivity contribution in [1.82, 2.24) is 29.8 Å². The van der Waals surface area contributed by atoms with Crippen LogP contribution >= 0.6 is 0 Å². The molecule has 0 aliphatic carbocycles. The molecule has 4 heterocycles. The summed E-state index contributed by atoms with van der Waals surface area (Å²) in [4.78, 5) is 45.7. The highest BCUT2D eigenvalue weighted by Crippen LogP contribution is 2.21. The third kappa shape index (κ3) is 6.88. The smallest absolute Gasteiger partial charge is 0.356 e. The molecular formula is C22H32N6O7. The Morgan fingerprint density at radius 3 is 1.71 bits per heavy atom. The molecule has 1 amide bonds. The molecule has 2 aromatic heterocycles. The number of nitrogens with zero attached hydrogens (tertiary/aromatic N) is 5. The van der Waals surface area contributed by atoms with Crippen LogP contribution in [-0.4, -0.2) is 92.8 Å². The van der Waals surface area contributed by atoms with E-state index < -0.39 is 12.0 Å². The number of aromatic nitrogens is 4. The molecule has 0 saturated carbocycles. The molecule has 13 nitrogen and oxygen atoms in total. The van der Waals surface area contributed by atoms with Gasteiger partial charge in [0.2, 0.25) is 0 Å². The molecule has 35 heavy (non-hydrogen) atoms. The van der Waals surface area contributed by atoms with Gasteiger partial charge in [0.25, 0.3) is 5.91 Å². The maximum Gasteiger partial charge on any atom is 0.356 e. The largest absolute Gasteiger partial charge is 0.476 e. The van der Waals surface area contributed by atoms with Gasteiger partial charge in [-0.15, -0.1) is 0 Å². The Morgan fingerprint density at radius 2 is 1.46 bits per heavy atom. The highest BCUT2D eigenvalue weighted by Gasteiger charge is 2.39. The summed E-state index contributed by atoms with van der Waals surface area (Å²) in [6, 6.07) is 2.78. The quantitative estimate of drug-likeness (QED) is 0.559. The van der Waals surface area contributed by atoms with Gasteiger partial charge < -0.3 is 24.8 Å². The minimum absolute atomic E-state index is 0.0139. The molecule has 0 spiro atoms. The van der Waals surface area contributed by atoms with Gasteiger partial charge in [-0.3, -0.25) is 19.0 Å². The zero-order chi connectivity index (χ0) is 26.3. The van der Waals surface area contributed by atoms with E-state index in [1.54, 1.807) is 31.8 Å². The van der Waals surface area contributed by atoms with Gasteiger partial charge in [0.1, 0.15) is 12.1 Å². The topological polar surface area (TPSA) is 158 Å². The van der Waals surface area contributed by atoms with Crippen LogP contribution in [0.1, 0.15) is 45.2 Å². The maximum atomic E-state index is 12.1. The molecular weight excluding hydrogens is 460 g/mol. The lowest BCUT2D eigenvalue weighted by atomic mass is 10.0. The van der Waals surface area contributed by atoms with Crippen LogP contribution in [0.4, 0.5) is 0 Å². The summed E-state index contributed by atoms with van der Waals surface area (Å²) >= 11 is 0. The van der Waals surface area contributed by atoms with Crippen LogP contribution in [0.15, 0.2) is 12.1 Å². The van der Waals surface area contributed by atoms with Crippen molar-refractivity contribution in [1.29, 1.82) is 0 Å². The molecule has 0 unspecified atom stereocenters. The van der Waals surface area contributed by atoms with E-state index in [1.807, 2.05) is 6.92 Å². The molecule has 2 atom stereocenters. The first-order valence-corrected chi connectivity index (χ1v) is 10.9. The number of carboxylic acids is 1. The SMILES string of the molecule is COC(=O)[C@@H]1CCN1.COC(=O)[C@@H]1CCN1C(=O)c1cc(C)n(C)n1.Cc1cc(C(=O)O)nn1C. The van der Waals surface area contributed by atoms with E-state index in [-0.39, 0.29) is 29.6 Å². The number of hydrogen-bond acceptors (Lipinski definition) is 9. The molecule has 4 rings (SSSR count). The molecule has 0 bridgehead atoms. The van der Waals surface area contributed by atoms with Crippen LogP contribution in [0.25, 0.3) is 0 Å². The number of likely N-dealkylation sites (tertiary alicyclic amines) is 1. The maximum absolute atomic E-state index is 12.1. The highest BCUT2D eigenvalue weighted by atomic mass is 16.5. The van der Waals surface area contributed by atoms with Crippen LogP contribution in [0, 0.1) is 13.8 Å². The molecule has 0 radical (unpaired) electrons. The molecule has 2 aromatic rings. The number of hydrogen-bond donors (Lipinski definition) is 2. The van der Waals surface area contributed by atoms with Gasteiger partial charge in [-0.25, -0.2) is 9.59 Å². The number of rotatable bonds is 4. The standard InChI is InChI=1S/C11H15N3O3.C6H8N2O2.C5H9NO2/c1-7-6-8(12-13(7)2)10(15)14-5-4-9(14)11(16)17-3;1-4-3-5(6(9)10)7-8(4)2;1-8-5(7)4-2-3-6-4/h6,9H,4-5H2,1-3H3;3H,1-2H3,(H,9,10);4,6H,2-3H2,1H3/t9-;;4-/m0.0/s1. The Balaban J connectivity index is 0.000000204. The van der Waals surface area contributed by atoms with Crippen molar-refractivity contribution in [3.05, 3.63) is 34.9 Å². The van der Waals surface area contributed by atoms with Crippen molar-refractivity contribution in [2.24, 2.45) is 14.1 Å². The van der Waals surface area contributed by atoms with E-state index >= 15 is 0 Å². The minimum Gasteiger partial charge on any atom is -0.476 e. The highest BCUT2D eigenvalue weighted by molar-refractivity contribution is 5.96. The molecule has 192 valence electrons. The van der Waals surface area contributed by atoms with Crippen LogP contribution in [0.2, 0.25) is 0 Å². The van der Waals surface area contributed by atoms with E-state index in [1.165, 1.54) is 29.9 Å². The lowest BCUT2D eigenvalue weighted by Gasteiger charge is -2.38. The van der Waals surface area contributed by atoms with E-state index in [0.717, 1.165) is 24.4 Å². The lowest BCUT2D eigenvalue weighted by Crippen LogP contribution is -2.55. The van der Waals surface area contributed by atoms with Gasteiger partial charge in [0, 0.05) is 32.0 Å². The fraction of sp³-hybridized carbons (Fsp3) is 0.545. The summed E-state index contributed by atoms with van der Waals surface area (Å²) in [5.41, 5.74) is 2.22. The monoisotopic (exact) mass is 492 g/mol. The van der Waals surface area contributed by atoms with Crippen molar-refractivity contribution in [3.63, 3.8) is 0 Å². The number of nitrogens with one attached hydrogen (secondary N) is 1. The predicted molar refractivity (Wildman–Crippen MR) is 123 cm³/mol. The zero-order valence-electron chi connectivity index (χ0n) is 20.8. The summed E-state index contributed by atoms with van der Waals surface area (Å²) in [6.45, 7) is 5.20. The van der Waals surface area contributed by atoms with Gasteiger partial charge >= 0.3 is 17.9 Å². The van der Waals surface area contributed by atoms with Gasteiger partial charge in [-0.05, 0) is 45.4 Å². The predicted octanol–water partition coefficient (Wildman–Crippen LogP) is 0.0640. The van der Waals surface area contributed by atoms with E-state index in [9.17, 15) is 19.2 Å². The number of carbonyl (C=O) groups excluding carboxylic acids is 3. The second-order valence-electron chi connectivity index (χ2n) is 8.04. The Kier molecular flexibility index (Phi) is 9.51. The Labute approximate surface area is 203 Å². The summed E-state index contributed by atoms with van der Waals surface area (Å²) in [7, 11) is 6.22. The van der Waals surface area contributed by atoms with Crippen LogP contribution in [0.3, 0.4) is 0 Å². The summed E-state index contributed by atoms with van der Waals surface area (Å²) < 4.78 is 12.3.